The molecule has 0 bridgehead atoms. The first-order valence-electron chi connectivity index (χ1n) is 8.98. The van der Waals surface area contributed by atoms with Crippen molar-refractivity contribution < 1.29 is 24.1 Å². The predicted molar refractivity (Wildman–Crippen MR) is 106 cm³/mol. The summed E-state index contributed by atoms with van der Waals surface area (Å²) in [6.07, 6.45) is 0.481. The number of non-ortho nitro benzene ring substituents is 1. The van der Waals surface area contributed by atoms with E-state index < -0.39 is 35.0 Å². The number of carbonyl (C=O) groups excluding carboxylic acids is 4. The topological polar surface area (TPSA) is 118 Å². The average Bonchev–Trinajstić information content (AvgIpc) is 2.72. The third-order valence-corrected chi connectivity index (χ3v) is 4.77. The predicted octanol–water partition coefficient (Wildman–Crippen LogP) is 3.03. The zero-order valence-electron chi connectivity index (χ0n) is 15.6. The molecule has 30 heavy (non-hydrogen) atoms. The van der Waals surface area contributed by atoms with E-state index in [1.54, 1.807) is 0 Å². The summed E-state index contributed by atoms with van der Waals surface area (Å²) < 4.78 is 0. The summed E-state index contributed by atoms with van der Waals surface area (Å²) in [6, 6.07) is 10.6. The van der Waals surface area contributed by atoms with E-state index in [-0.39, 0.29) is 29.7 Å². The van der Waals surface area contributed by atoms with Crippen molar-refractivity contribution in [2.24, 2.45) is 0 Å². The molecule has 9 nitrogen and oxygen atoms in total. The Morgan fingerprint density at radius 3 is 2.03 bits per heavy atom. The van der Waals surface area contributed by atoms with Gasteiger partial charge in [-0.2, -0.15) is 5.01 Å². The number of nitro benzene ring substituents is 1. The van der Waals surface area contributed by atoms with Gasteiger partial charge >= 0.3 is 0 Å². The molecular weight excluding hydrogens is 414 g/mol. The van der Waals surface area contributed by atoms with Crippen LogP contribution in [0.4, 0.5) is 5.69 Å². The van der Waals surface area contributed by atoms with E-state index in [0.717, 1.165) is 17.1 Å². The molecule has 1 aliphatic heterocycles. The van der Waals surface area contributed by atoms with E-state index in [2.05, 4.69) is 0 Å². The van der Waals surface area contributed by atoms with Crippen LogP contribution in [-0.2, 0) is 9.59 Å². The van der Waals surface area contributed by atoms with Gasteiger partial charge in [-0.15, -0.1) is 0 Å². The van der Waals surface area contributed by atoms with Crippen molar-refractivity contribution in [3.05, 3.63) is 74.8 Å². The lowest BCUT2D eigenvalue weighted by Gasteiger charge is -2.35. The number of benzene rings is 2. The first-order chi connectivity index (χ1) is 14.3. The van der Waals surface area contributed by atoms with Crippen molar-refractivity contribution in [1.82, 2.24) is 10.0 Å². The Morgan fingerprint density at radius 1 is 0.967 bits per heavy atom. The number of Topliss-reactive ketones (excluding diaryl/α,β-unsaturated/α-hetero) is 1. The zero-order chi connectivity index (χ0) is 21.8. The van der Waals surface area contributed by atoms with Gasteiger partial charge < -0.3 is 0 Å². The summed E-state index contributed by atoms with van der Waals surface area (Å²) in [6.45, 7) is -0.561. The maximum Gasteiger partial charge on any atom is 0.273 e. The molecule has 0 aromatic heterocycles. The van der Waals surface area contributed by atoms with Crippen molar-refractivity contribution in [3.63, 3.8) is 0 Å². The number of hydrogen-bond donors (Lipinski definition) is 0. The second-order valence-corrected chi connectivity index (χ2v) is 6.99. The Bertz CT molecular complexity index is 1000. The van der Waals surface area contributed by atoms with Crippen LogP contribution in [-0.4, -0.2) is 45.0 Å². The lowest BCUT2D eigenvalue weighted by molar-refractivity contribution is -0.384. The molecule has 3 rings (SSSR count). The number of halogens is 1. The zero-order valence-corrected chi connectivity index (χ0v) is 16.4. The van der Waals surface area contributed by atoms with Gasteiger partial charge in [-0.25, -0.2) is 5.01 Å². The second kappa shape index (κ2) is 8.83. The highest BCUT2D eigenvalue weighted by atomic mass is 35.5. The number of hydrogen-bond acceptors (Lipinski definition) is 6. The van der Waals surface area contributed by atoms with Gasteiger partial charge in [0.2, 0.25) is 11.8 Å². The highest BCUT2D eigenvalue weighted by Gasteiger charge is 2.36. The van der Waals surface area contributed by atoms with Crippen molar-refractivity contribution in [2.75, 3.05) is 6.54 Å². The minimum absolute atomic E-state index is 0.00400. The average molecular weight is 430 g/mol. The van der Waals surface area contributed by atoms with E-state index in [1.807, 2.05) is 0 Å². The van der Waals surface area contributed by atoms with Crippen LogP contribution in [0.3, 0.4) is 0 Å². The minimum Gasteiger partial charge on any atom is -0.292 e. The maximum absolute atomic E-state index is 13.1. The lowest BCUT2D eigenvalue weighted by Crippen LogP contribution is -2.56. The van der Waals surface area contributed by atoms with Crippen LogP contribution in [0.5, 0.6) is 0 Å². The van der Waals surface area contributed by atoms with Crippen LogP contribution in [0.1, 0.15) is 40.0 Å². The molecule has 2 aromatic carbocycles. The van der Waals surface area contributed by atoms with Crippen LogP contribution in [0, 0.1) is 10.1 Å². The fraction of sp³-hybridized carbons (Fsp3) is 0.200. The van der Waals surface area contributed by atoms with Gasteiger partial charge in [-0.3, -0.25) is 29.3 Å². The Labute approximate surface area is 175 Å². The quantitative estimate of drug-likeness (QED) is 0.301. The molecule has 0 atom stereocenters. The van der Waals surface area contributed by atoms with Gasteiger partial charge in [0.25, 0.3) is 11.6 Å². The van der Waals surface area contributed by atoms with E-state index in [1.165, 1.54) is 36.4 Å². The Kier molecular flexibility index (Phi) is 6.22. The van der Waals surface area contributed by atoms with E-state index in [0.29, 0.717) is 16.5 Å². The molecule has 0 aliphatic carbocycles. The number of carbonyl (C=O) groups is 4. The standard InChI is InChI=1S/C20H16ClN3O6/c21-15-8-4-13(5-9-15)17(25)12-22(23-18(26)2-1-3-19(23)27)20(28)14-6-10-16(11-7-14)24(29)30/h4-11H,1-3,12H2. The van der Waals surface area contributed by atoms with Crippen LogP contribution >= 0.6 is 11.6 Å². The highest BCUT2D eigenvalue weighted by molar-refractivity contribution is 6.30. The molecule has 1 fully saturated rings. The monoisotopic (exact) mass is 429 g/mol. The molecule has 0 spiro atoms. The third-order valence-electron chi connectivity index (χ3n) is 4.51. The Hall–Kier alpha value is -3.59. The summed E-state index contributed by atoms with van der Waals surface area (Å²) in [7, 11) is 0. The fourth-order valence-electron chi connectivity index (χ4n) is 2.98. The van der Waals surface area contributed by atoms with Gasteiger partial charge in [-0.1, -0.05) is 11.6 Å². The molecule has 1 saturated heterocycles. The van der Waals surface area contributed by atoms with Gasteiger partial charge in [0.15, 0.2) is 5.78 Å². The number of ketones is 1. The van der Waals surface area contributed by atoms with Crippen molar-refractivity contribution >= 4 is 40.8 Å². The molecular formula is C20H16ClN3O6. The van der Waals surface area contributed by atoms with Gasteiger partial charge in [0.05, 0.1) is 4.92 Å². The number of nitrogens with zero attached hydrogens (tertiary/aromatic N) is 3. The molecule has 0 saturated carbocycles. The van der Waals surface area contributed by atoms with E-state index >= 15 is 0 Å². The molecule has 1 aliphatic rings. The van der Waals surface area contributed by atoms with Gasteiger partial charge in [0.1, 0.15) is 6.54 Å². The number of nitro groups is 1. The van der Waals surface area contributed by atoms with Crippen molar-refractivity contribution in [2.45, 2.75) is 19.3 Å². The largest absolute Gasteiger partial charge is 0.292 e. The second-order valence-electron chi connectivity index (χ2n) is 6.55. The van der Waals surface area contributed by atoms with E-state index in [4.69, 9.17) is 11.6 Å². The summed E-state index contributed by atoms with van der Waals surface area (Å²) in [5.74, 6) is -2.49. The molecule has 0 radical (unpaired) electrons. The third kappa shape index (κ3) is 4.52. The number of piperidine rings is 1. The Balaban J connectivity index is 1.94. The smallest absolute Gasteiger partial charge is 0.273 e. The van der Waals surface area contributed by atoms with Crippen LogP contribution in [0.15, 0.2) is 48.5 Å². The van der Waals surface area contributed by atoms with Gasteiger partial charge in [-0.05, 0) is 42.8 Å². The number of rotatable bonds is 6. The number of imide groups is 1. The SMILES string of the molecule is O=C(CN(C(=O)c1ccc([N+](=O)[O-])cc1)N1C(=O)CCCC1=O)c1ccc(Cl)cc1. The fourth-order valence-corrected chi connectivity index (χ4v) is 3.11. The van der Waals surface area contributed by atoms with Crippen LogP contribution < -0.4 is 0 Å². The first kappa shape index (κ1) is 21.1. The first-order valence-corrected chi connectivity index (χ1v) is 9.36. The Morgan fingerprint density at radius 2 is 1.50 bits per heavy atom. The molecule has 3 amide bonds. The molecule has 154 valence electrons. The molecule has 1 heterocycles. The van der Waals surface area contributed by atoms with Crippen LogP contribution in [0.25, 0.3) is 0 Å². The van der Waals surface area contributed by atoms with E-state index in [9.17, 15) is 29.3 Å². The molecule has 0 unspecified atom stereocenters. The summed E-state index contributed by atoms with van der Waals surface area (Å²) in [5, 5.41) is 12.7. The molecule has 10 heteroatoms. The minimum atomic E-state index is -0.796. The number of amides is 3. The maximum atomic E-state index is 13.1. The van der Waals surface area contributed by atoms with Crippen molar-refractivity contribution in [1.29, 1.82) is 0 Å². The summed E-state index contributed by atoms with van der Waals surface area (Å²) in [4.78, 5) is 60.8. The highest BCUT2D eigenvalue weighted by Crippen LogP contribution is 2.20. The van der Waals surface area contributed by atoms with Gasteiger partial charge in [0, 0.05) is 41.1 Å². The molecule has 0 N–H and O–H groups in total. The summed E-state index contributed by atoms with van der Waals surface area (Å²) in [5.41, 5.74) is 0.0222. The summed E-state index contributed by atoms with van der Waals surface area (Å²) >= 11 is 5.83. The normalized spacial score (nSPS) is 13.8. The number of hydrazine groups is 1. The lowest BCUT2D eigenvalue weighted by atomic mass is 10.1. The van der Waals surface area contributed by atoms with Crippen LogP contribution in [0.2, 0.25) is 5.02 Å². The molecule has 2 aromatic rings. The van der Waals surface area contributed by atoms with Crippen molar-refractivity contribution in [3.8, 4) is 0 Å².